The number of thiophene rings is 1. The molecule has 0 aliphatic carbocycles. The highest BCUT2D eigenvalue weighted by atomic mass is 32.1. The average molecular weight is 306 g/mol. The fourth-order valence-electron chi connectivity index (χ4n) is 1.87. The highest BCUT2D eigenvalue weighted by molar-refractivity contribution is 7.20. The van der Waals surface area contributed by atoms with Gasteiger partial charge in [-0.2, -0.15) is 0 Å². The van der Waals surface area contributed by atoms with Crippen molar-refractivity contribution in [1.29, 1.82) is 0 Å². The summed E-state index contributed by atoms with van der Waals surface area (Å²) in [4.78, 5) is 17.8. The van der Waals surface area contributed by atoms with E-state index in [0.717, 1.165) is 20.0 Å². The van der Waals surface area contributed by atoms with E-state index >= 15 is 0 Å². The summed E-state index contributed by atoms with van der Waals surface area (Å²) >= 11 is 2.92. The van der Waals surface area contributed by atoms with Crippen molar-refractivity contribution in [2.24, 2.45) is 0 Å². The van der Waals surface area contributed by atoms with E-state index in [1.807, 2.05) is 6.92 Å². The maximum absolute atomic E-state index is 13.1. The van der Waals surface area contributed by atoms with E-state index in [4.69, 9.17) is 0 Å². The van der Waals surface area contributed by atoms with Gasteiger partial charge in [-0.25, -0.2) is 9.37 Å². The monoisotopic (exact) mass is 306 g/mol. The summed E-state index contributed by atoms with van der Waals surface area (Å²) in [6.07, 6.45) is 1.76. The number of carbonyl (C=O) groups excluding carboxylic acids is 1. The normalized spacial score (nSPS) is 10.9. The van der Waals surface area contributed by atoms with Crippen molar-refractivity contribution in [3.8, 4) is 0 Å². The van der Waals surface area contributed by atoms with Crippen molar-refractivity contribution in [1.82, 2.24) is 10.3 Å². The second-order valence-electron chi connectivity index (χ2n) is 4.32. The van der Waals surface area contributed by atoms with Gasteiger partial charge in [-0.15, -0.1) is 22.7 Å². The first-order chi connectivity index (χ1) is 9.61. The molecule has 0 radical (unpaired) electrons. The second kappa shape index (κ2) is 5.30. The van der Waals surface area contributed by atoms with Crippen LogP contribution in [0.25, 0.3) is 10.1 Å². The Morgan fingerprint density at radius 3 is 2.95 bits per heavy atom. The van der Waals surface area contributed by atoms with Crippen LogP contribution in [0.2, 0.25) is 0 Å². The number of thiazole rings is 1. The van der Waals surface area contributed by atoms with Crippen LogP contribution in [0, 0.1) is 12.7 Å². The zero-order chi connectivity index (χ0) is 14.1. The number of nitrogens with zero attached hydrogens (tertiary/aromatic N) is 1. The van der Waals surface area contributed by atoms with Crippen molar-refractivity contribution < 1.29 is 9.18 Å². The molecular weight excluding hydrogens is 295 g/mol. The van der Waals surface area contributed by atoms with Crippen LogP contribution in [0.5, 0.6) is 0 Å². The van der Waals surface area contributed by atoms with E-state index < -0.39 is 0 Å². The van der Waals surface area contributed by atoms with Crippen LogP contribution in [0.15, 0.2) is 30.5 Å². The van der Waals surface area contributed by atoms with Gasteiger partial charge in [0.15, 0.2) is 0 Å². The third kappa shape index (κ3) is 2.71. The Hall–Kier alpha value is -1.79. The molecule has 3 nitrogen and oxygen atoms in total. The first kappa shape index (κ1) is 13.2. The SMILES string of the molecule is Cc1ncc(CNC(=O)c2cc3cc(F)ccc3s2)s1. The lowest BCUT2D eigenvalue weighted by molar-refractivity contribution is 0.0955. The van der Waals surface area contributed by atoms with Crippen LogP contribution >= 0.6 is 22.7 Å². The molecule has 0 unspecified atom stereocenters. The van der Waals surface area contributed by atoms with Gasteiger partial charge in [0.25, 0.3) is 5.91 Å². The first-order valence-electron chi connectivity index (χ1n) is 6.00. The summed E-state index contributed by atoms with van der Waals surface area (Å²) in [5.74, 6) is -0.431. The number of rotatable bonds is 3. The Morgan fingerprint density at radius 1 is 1.35 bits per heavy atom. The van der Waals surface area contributed by atoms with Gasteiger partial charge in [0.2, 0.25) is 0 Å². The van der Waals surface area contributed by atoms with Gasteiger partial charge in [-0.1, -0.05) is 0 Å². The van der Waals surface area contributed by atoms with Gasteiger partial charge in [0.05, 0.1) is 16.4 Å². The molecule has 0 spiro atoms. The van der Waals surface area contributed by atoms with E-state index in [-0.39, 0.29) is 11.7 Å². The van der Waals surface area contributed by atoms with Gasteiger partial charge in [0, 0.05) is 15.8 Å². The average Bonchev–Trinajstić information content (AvgIpc) is 3.01. The number of benzene rings is 1. The molecule has 1 amide bonds. The van der Waals surface area contributed by atoms with Crippen LogP contribution < -0.4 is 5.32 Å². The summed E-state index contributed by atoms with van der Waals surface area (Å²) < 4.78 is 14.0. The fraction of sp³-hybridized carbons (Fsp3) is 0.143. The number of halogens is 1. The maximum atomic E-state index is 13.1. The number of aryl methyl sites for hydroxylation is 1. The highest BCUT2D eigenvalue weighted by Crippen LogP contribution is 2.26. The molecule has 102 valence electrons. The van der Waals surface area contributed by atoms with Crippen LogP contribution in [-0.4, -0.2) is 10.9 Å². The number of nitrogens with one attached hydrogen (secondary N) is 1. The highest BCUT2D eigenvalue weighted by Gasteiger charge is 2.11. The van der Waals surface area contributed by atoms with Gasteiger partial charge < -0.3 is 5.32 Å². The summed E-state index contributed by atoms with van der Waals surface area (Å²) in [5, 5.41) is 4.59. The molecule has 0 saturated carbocycles. The molecule has 0 fully saturated rings. The van der Waals surface area contributed by atoms with Gasteiger partial charge >= 0.3 is 0 Å². The van der Waals surface area contributed by atoms with Crippen molar-refractivity contribution in [3.05, 3.63) is 51.0 Å². The molecule has 6 heteroatoms. The zero-order valence-corrected chi connectivity index (χ0v) is 12.3. The second-order valence-corrected chi connectivity index (χ2v) is 6.72. The molecule has 2 aromatic heterocycles. The Morgan fingerprint density at radius 2 is 2.20 bits per heavy atom. The summed E-state index contributed by atoms with van der Waals surface area (Å²) in [7, 11) is 0. The third-order valence-corrected chi connectivity index (χ3v) is 4.82. The molecule has 0 atom stereocenters. The standard InChI is InChI=1S/C14H11FN2OS2/c1-8-16-6-11(19-8)7-17-14(18)13-5-9-4-10(15)2-3-12(9)20-13/h2-6H,7H2,1H3,(H,17,18). The quantitative estimate of drug-likeness (QED) is 0.801. The molecular formula is C14H11FN2OS2. The number of amides is 1. The first-order valence-corrected chi connectivity index (χ1v) is 7.64. The molecule has 0 bridgehead atoms. The number of fused-ring (bicyclic) bond motifs is 1. The van der Waals surface area contributed by atoms with Crippen molar-refractivity contribution in [3.63, 3.8) is 0 Å². The van der Waals surface area contributed by atoms with E-state index in [1.165, 1.54) is 23.5 Å². The topological polar surface area (TPSA) is 42.0 Å². The summed E-state index contributed by atoms with van der Waals surface area (Å²) in [5.41, 5.74) is 0. The van der Waals surface area contributed by atoms with Crippen LogP contribution in [0.3, 0.4) is 0 Å². The molecule has 0 aliphatic rings. The molecule has 0 aliphatic heterocycles. The zero-order valence-electron chi connectivity index (χ0n) is 10.6. The van der Waals surface area contributed by atoms with E-state index in [2.05, 4.69) is 10.3 Å². The molecule has 3 aromatic rings. The lowest BCUT2D eigenvalue weighted by Gasteiger charge is -1.99. The molecule has 1 aromatic carbocycles. The maximum Gasteiger partial charge on any atom is 0.261 e. The Bertz CT molecular complexity index is 778. The minimum absolute atomic E-state index is 0.141. The Balaban J connectivity index is 1.75. The van der Waals surface area contributed by atoms with Crippen molar-refractivity contribution >= 4 is 38.7 Å². The van der Waals surface area contributed by atoms with Gasteiger partial charge in [0.1, 0.15) is 5.82 Å². The van der Waals surface area contributed by atoms with Crippen molar-refractivity contribution in [2.45, 2.75) is 13.5 Å². The number of aromatic nitrogens is 1. The van der Waals surface area contributed by atoms with E-state index in [9.17, 15) is 9.18 Å². The minimum Gasteiger partial charge on any atom is -0.346 e. The largest absolute Gasteiger partial charge is 0.346 e. The number of hydrogen-bond acceptors (Lipinski definition) is 4. The molecule has 20 heavy (non-hydrogen) atoms. The lowest BCUT2D eigenvalue weighted by atomic mass is 10.2. The van der Waals surface area contributed by atoms with Gasteiger partial charge in [-0.05, 0) is 36.6 Å². The fourth-order valence-corrected chi connectivity index (χ4v) is 3.56. The summed E-state index contributed by atoms with van der Waals surface area (Å²) in [6.45, 7) is 2.39. The molecule has 0 saturated heterocycles. The minimum atomic E-state index is -0.289. The van der Waals surface area contributed by atoms with E-state index in [0.29, 0.717) is 11.4 Å². The van der Waals surface area contributed by atoms with Crippen LogP contribution in [0.1, 0.15) is 19.6 Å². The molecule has 2 heterocycles. The Kier molecular flexibility index (Phi) is 3.50. The smallest absolute Gasteiger partial charge is 0.261 e. The number of hydrogen-bond donors (Lipinski definition) is 1. The number of carbonyl (C=O) groups is 1. The van der Waals surface area contributed by atoms with E-state index in [1.54, 1.807) is 29.7 Å². The van der Waals surface area contributed by atoms with Crippen LogP contribution in [-0.2, 0) is 6.54 Å². The lowest BCUT2D eigenvalue weighted by Crippen LogP contribution is -2.21. The predicted molar refractivity (Wildman–Crippen MR) is 79.8 cm³/mol. The molecule has 3 rings (SSSR count). The Labute approximate surface area is 123 Å². The predicted octanol–water partition coefficient (Wildman–Crippen LogP) is 3.74. The van der Waals surface area contributed by atoms with Crippen molar-refractivity contribution in [2.75, 3.05) is 0 Å². The third-order valence-electron chi connectivity index (χ3n) is 2.79. The van der Waals surface area contributed by atoms with Crippen LogP contribution in [0.4, 0.5) is 4.39 Å². The summed E-state index contributed by atoms with van der Waals surface area (Å²) in [6, 6.07) is 6.25. The molecule has 1 N–H and O–H groups in total. The van der Waals surface area contributed by atoms with Gasteiger partial charge in [-0.3, -0.25) is 4.79 Å².